The van der Waals surface area contributed by atoms with E-state index >= 15 is 0 Å². The summed E-state index contributed by atoms with van der Waals surface area (Å²) in [6.45, 7) is 5.66. The highest BCUT2D eigenvalue weighted by Crippen LogP contribution is 2.19. The van der Waals surface area contributed by atoms with Gasteiger partial charge in [0.25, 0.3) is 0 Å². The van der Waals surface area contributed by atoms with E-state index in [0.717, 1.165) is 0 Å². The minimum Gasteiger partial charge on any atom is -0.480 e. The molecule has 0 bridgehead atoms. The Balaban J connectivity index is 4.22. The van der Waals surface area contributed by atoms with Crippen molar-refractivity contribution in [3.05, 3.63) is 0 Å². The van der Waals surface area contributed by atoms with Crippen molar-refractivity contribution in [2.24, 2.45) is 5.41 Å². The first kappa shape index (κ1) is 10.2. The van der Waals surface area contributed by atoms with Crippen LogP contribution in [0, 0.1) is 5.41 Å². The SMILES string of the molecule is CC(C)(C)C(NI)C(=O)O. The van der Waals surface area contributed by atoms with Crippen LogP contribution in [0.1, 0.15) is 20.8 Å². The molecule has 1 unspecified atom stereocenters. The molecule has 4 heteroatoms. The lowest BCUT2D eigenvalue weighted by atomic mass is 9.88. The van der Waals surface area contributed by atoms with Crippen LogP contribution >= 0.6 is 22.9 Å². The molecule has 0 aliphatic carbocycles. The van der Waals surface area contributed by atoms with Gasteiger partial charge in [-0.25, -0.2) is 3.53 Å². The number of aliphatic carboxylic acids is 1. The molecule has 0 saturated heterocycles. The fourth-order valence-corrected chi connectivity index (χ4v) is 1.78. The van der Waals surface area contributed by atoms with Gasteiger partial charge in [-0.15, -0.1) is 0 Å². The highest BCUT2D eigenvalue weighted by atomic mass is 127. The normalized spacial score (nSPS) is 14.8. The van der Waals surface area contributed by atoms with Crippen LogP contribution in [0.3, 0.4) is 0 Å². The second-order valence-corrected chi connectivity index (χ2v) is 3.87. The molecule has 1 atom stereocenters. The van der Waals surface area contributed by atoms with E-state index in [0.29, 0.717) is 0 Å². The summed E-state index contributed by atoms with van der Waals surface area (Å²) in [6, 6.07) is -0.479. The molecular formula is C6H12INO2. The van der Waals surface area contributed by atoms with Gasteiger partial charge in [0, 0.05) is 22.9 Å². The van der Waals surface area contributed by atoms with Crippen molar-refractivity contribution in [3.8, 4) is 0 Å². The van der Waals surface area contributed by atoms with Gasteiger partial charge in [0.2, 0.25) is 0 Å². The third kappa shape index (κ3) is 2.83. The maximum atomic E-state index is 10.5. The highest BCUT2D eigenvalue weighted by Gasteiger charge is 2.29. The summed E-state index contributed by atoms with van der Waals surface area (Å²) in [7, 11) is 0. The van der Waals surface area contributed by atoms with Crippen LogP contribution in [-0.2, 0) is 4.79 Å². The second kappa shape index (κ2) is 3.52. The van der Waals surface area contributed by atoms with Gasteiger partial charge < -0.3 is 5.11 Å². The molecule has 3 nitrogen and oxygen atoms in total. The summed E-state index contributed by atoms with van der Waals surface area (Å²) in [6.07, 6.45) is 0. The van der Waals surface area contributed by atoms with Crippen LogP contribution in [0.15, 0.2) is 0 Å². The Morgan fingerprint density at radius 1 is 1.60 bits per heavy atom. The minimum atomic E-state index is -0.804. The summed E-state index contributed by atoms with van der Waals surface area (Å²) in [5, 5.41) is 8.64. The Kier molecular flexibility index (Phi) is 3.58. The van der Waals surface area contributed by atoms with E-state index in [1.807, 2.05) is 43.6 Å². The Labute approximate surface area is 74.7 Å². The van der Waals surface area contributed by atoms with Crippen molar-refractivity contribution in [2.45, 2.75) is 26.8 Å². The van der Waals surface area contributed by atoms with Crippen molar-refractivity contribution in [1.82, 2.24) is 3.53 Å². The predicted octanol–water partition coefficient (Wildman–Crippen LogP) is 1.43. The molecule has 0 aromatic carbocycles. The average molecular weight is 257 g/mol. The largest absolute Gasteiger partial charge is 0.480 e. The van der Waals surface area contributed by atoms with E-state index in [1.54, 1.807) is 0 Å². The summed E-state index contributed by atoms with van der Waals surface area (Å²) in [5.41, 5.74) is -0.229. The van der Waals surface area contributed by atoms with Gasteiger partial charge in [-0.1, -0.05) is 20.8 Å². The monoisotopic (exact) mass is 257 g/mol. The van der Waals surface area contributed by atoms with Crippen LogP contribution in [0.4, 0.5) is 0 Å². The Hall–Kier alpha value is 0.160. The highest BCUT2D eigenvalue weighted by molar-refractivity contribution is 14.1. The quantitative estimate of drug-likeness (QED) is 0.581. The van der Waals surface area contributed by atoms with E-state index < -0.39 is 12.0 Å². The molecule has 2 N–H and O–H groups in total. The Morgan fingerprint density at radius 3 is 2.00 bits per heavy atom. The maximum absolute atomic E-state index is 10.5. The molecule has 10 heavy (non-hydrogen) atoms. The van der Waals surface area contributed by atoms with Gasteiger partial charge in [-0.05, 0) is 5.41 Å². The van der Waals surface area contributed by atoms with Crippen molar-refractivity contribution in [3.63, 3.8) is 0 Å². The smallest absolute Gasteiger partial charge is 0.321 e. The van der Waals surface area contributed by atoms with Gasteiger partial charge in [0.1, 0.15) is 6.04 Å². The number of carbonyl (C=O) groups is 1. The molecule has 0 rings (SSSR count). The van der Waals surface area contributed by atoms with Crippen LogP contribution in [0.5, 0.6) is 0 Å². The van der Waals surface area contributed by atoms with Crippen molar-refractivity contribution in [1.29, 1.82) is 0 Å². The summed E-state index contributed by atoms with van der Waals surface area (Å²) in [4.78, 5) is 10.5. The fraction of sp³-hybridized carbons (Fsp3) is 0.833. The van der Waals surface area contributed by atoms with Crippen molar-refractivity contribution in [2.75, 3.05) is 0 Å². The van der Waals surface area contributed by atoms with Crippen LogP contribution < -0.4 is 3.53 Å². The molecular weight excluding hydrogens is 245 g/mol. The van der Waals surface area contributed by atoms with Gasteiger partial charge in [0.15, 0.2) is 0 Å². The number of carboxylic acid groups (broad SMARTS) is 1. The molecule has 0 amide bonds. The van der Waals surface area contributed by atoms with Crippen molar-refractivity contribution < 1.29 is 9.90 Å². The Bertz CT molecular complexity index is 130. The van der Waals surface area contributed by atoms with Crippen LogP contribution in [0.25, 0.3) is 0 Å². The molecule has 0 aromatic heterocycles. The molecule has 0 aliphatic heterocycles. The number of carboxylic acids is 1. The molecule has 0 spiro atoms. The van der Waals surface area contributed by atoms with E-state index in [4.69, 9.17) is 5.11 Å². The molecule has 0 aliphatic rings. The average Bonchev–Trinajstić information content (AvgIpc) is 1.60. The van der Waals surface area contributed by atoms with Crippen LogP contribution in [0.2, 0.25) is 0 Å². The lowest BCUT2D eigenvalue weighted by Crippen LogP contribution is -2.41. The second-order valence-electron chi connectivity index (χ2n) is 3.25. The van der Waals surface area contributed by atoms with Crippen LogP contribution in [-0.4, -0.2) is 17.1 Å². The molecule has 0 fully saturated rings. The van der Waals surface area contributed by atoms with Gasteiger partial charge in [-0.2, -0.15) is 0 Å². The zero-order valence-corrected chi connectivity index (χ0v) is 8.47. The summed E-state index contributed by atoms with van der Waals surface area (Å²) >= 11 is 1.86. The lowest BCUT2D eigenvalue weighted by Gasteiger charge is -2.25. The minimum absolute atomic E-state index is 0.229. The molecule has 0 aromatic rings. The maximum Gasteiger partial charge on any atom is 0.321 e. The third-order valence-electron chi connectivity index (χ3n) is 1.22. The van der Waals surface area contributed by atoms with E-state index in [2.05, 4.69) is 3.53 Å². The van der Waals surface area contributed by atoms with Gasteiger partial charge in [0.05, 0.1) is 0 Å². The number of hydrogen-bond donors (Lipinski definition) is 2. The number of nitrogens with one attached hydrogen (secondary N) is 1. The molecule has 60 valence electrons. The Morgan fingerprint density at radius 2 is 2.00 bits per heavy atom. The first-order valence-electron chi connectivity index (χ1n) is 2.98. The topological polar surface area (TPSA) is 49.3 Å². The summed E-state index contributed by atoms with van der Waals surface area (Å²) < 4.78 is 2.71. The first-order chi connectivity index (χ1) is 4.39. The van der Waals surface area contributed by atoms with Crippen molar-refractivity contribution >= 4 is 28.8 Å². The third-order valence-corrected chi connectivity index (χ3v) is 1.84. The van der Waals surface area contributed by atoms with E-state index in [-0.39, 0.29) is 5.41 Å². The number of rotatable bonds is 2. The molecule has 0 radical (unpaired) electrons. The van der Waals surface area contributed by atoms with Gasteiger partial charge in [-0.3, -0.25) is 4.79 Å². The lowest BCUT2D eigenvalue weighted by molar-refractivity contribution is -0.141. The molecule has 0 heterocycles. The van der Waals surface area contributed by atoms with Gasteiger partial charge >= 0.3 is 5.97 Å². The standard InChI is InChI=1S/C6H12INO2/c1-6(2,3)4(8-7)5(9)10/h4,8H,1-3H3,(H,9,10). The zero-order valence-electron chi connectivity index (χ0n) is 6.31. The number of halogens is 1. The van der Waals surface area contributed by atoms with E-state index in [1.165, 1.54) is 0 Å². The van der Waals surface area contributed by atoms with E-state index in [9.17, 15) is 4.79 Å². The fourth-order valence-electron chi connectivity index (χ4n) is 0.581. The first-order valence-corrected chi connectivity index (χ1v) is 4.06. The summed E-state index contributed by atoms with van der Waals surface area (Å²) in [5.74, 6) is -0.804. The molecule has 0 saturated carbocycles. The zero-order chi connectivity index (χ0) is 8.36. The number of hydrogen-bond acceptors (Lipinski definition) is 2. The predicted molar refractivity (Wildman–Crippen MR) is 48.0 cm³/mol.